The number of nitrogens with zero attached hydrogens (tertiary/aromatic N) is 5. The molecule has 2 aromatic heterocycles. The molecule has 0 spiro atoms. The maximum atomic E-state index is 4.55. The van der Waals surface area contributed by atoms with Crippen molar-refractivity contribution in [2.24, 2.45) is 0 Å². The first-order chi connectivity index (χ1) is 9.15. The smallest absolute Gasteiger partial charge is 0.254 e. The Morgan fingerprint density at radius 1 is 1.05 bits per heavy atom. The molecule has 0 fully saturated rings. The molecule has 0 unspecified atom stereocenters. The van der Waals surface area contributed by atoms with Crippen LogP contribution in [0, 0.1) is 6.92 Å². The Morgan fingerprint density at radius 2 is 1.79 bits per heavy atom. The second-order valence-electron chi connectivity index (χ2n) is 4.66. The van der Waals surface area contributed by atoms with Crippen LogP contribution < -0.4 is 4.90 Å². The molecule has 19 heavy (non-hydrogen) atoms. The molecule has 96 valence electrons. The molecule has 0 saturated heterocycles. The second kappa shape index (κ2) is 4.35. The van der Waals surface area contributed by atoms with Gasteiger partial charge in [0.15, 0.2) is 5.82 Å². The predicted molar refractivity (Wildman–Crippen MR) is 75.3 cm³/mol. The summed E-state index contributed by atoms with van der Waals surface area (Å²) in [7, 11) is 3.97. The highest BCUT2D eigenvalue weighted by Crippen LogP contribution is 2.19. The van der Waals surface area contributed by atoms with Gasteiger partial charge in [-0.2, -0.15) is 9.50 Å². The van der Waals surface area contributed by atoms with E-state index < -0.39 is 0 Å². The second-order valence-corrected chi connectivity index (χ2v) is 4.66. The molecule has 0 N–H and O–H groups in total. The molecule has 0 atom stereocenters. The number of hydrogen-bond acceptors (Lipinski definition) is 4. The van der Waals surface area contributed by atoms with E-state index in [-0.39, 0.29) is 0 Å². The largest absolute Gasteiger partial charge is 0.363 e. The lowest BCUT2D eigenvalue weighted by Crippen LogP contribution is -2.14. The molecular formula is C14H15N5. The minimum atomic E-state index is 0.627. The van der Waals surface area contributed by atoms with Gasteiger partial charge in [0.2, 0.25) is 0 Å². The van der Waals surface area contributed by atoms with Crippen LogP contribution in [0.25, 0.3) is 17.2 Å². The van der Waals surface area contributed by atoms with Gasteiger partial charge in [-0.25, -0.2) is 4.98 Å². The number of fused-ring (bicyclic) bond motifs is 1. The molecule has 0 saturated carbocycles. The Kier molecular flexibility index (Phi) is 2.67. The van der Waals surface area contributed by atoms with Crippen molar-refractivity contribution >= 4 is 11.6 Å². The molecular weight excluding hydrogens is 238 g/mol. The summed E-state index contributed by atoms with van der Waals surface area (Å²) in [5, 5.41) is 4.55. The van der Waals surface area contributed by atoms with Gasteiger partial charge in [0.05, 0.1) is 0 Å². The minimum absolute atomic E-state index is 0.627. The number of rotatable bonds is 2. The lowest BCUT2D eigenvalue weighted by atomic mass is 10.2. The van der Waals surface area contributed by atoms with E-state index in [1.54, 1.807) is 4.52 Å². The third kappa shape index (κ3) is 2.03. The summed E-state index contributed by atoms with van der Waals surface area (Å²) >= 11 is 0. The van der Waals surface area contributed by atoms with Gasteiger partial charge in [-0.05, 0) is 6.92 Å². The first-order valence-electron chi connectivity index (χ1n) is 6.12. The van der Waals surface area contributed by atoms with E-state index in [1.165, 1.54) is 0 Å². The zero-order chi connectivity index (χ0) is 13.4. The molecule has 1 aromatic carbocycles. The van der Waals surface area contributed by atoms with Gasteiger partial charge < -0.3 is 4.90 Å². The molecule has 0 amide bonds. The van der Waals surface area contributed by atoms with Crippen molar-refractivity contribution in [2.45, 2.75) is 6.92 Å². The Morgan fingerprint density at radius 3 is 2.47 bits per heavy atom. The van der Waals surface area contributed by atoms with Crippen LogP contribution in [0.5, 0.6) is 0 Å². The zero-order valence-electron chi connectivity index (χ0n) is 11.2. The highest BCUT2D eigenvalue weighted by atomic mass is 15.4. The number of anilines is 1. The highest BCUT2D eigenvalue weighted by Gasteiger charge is 2.12. The quantitative estimate of drug-likeness (QED) is 0.702. The van der Waals surface area contributed by atoms with Crippen LogP contribution in [0.3, 0.4) is 0 Å². The average Bonchev–Trinajstić information content (AvgIpc) is 2.82. The van der Waals surface area contributed by atoms with Crippen LogP contribution in [0.1, 0.15) is 5.69 Å². The zero-order valence-corrected chi connectivity index (χ0v) is 11.2. The summed E-state index contributed by atoms with van der Waals surface area (Å²) in [5.41, 5.74) is 1.93. The summed E-state index contributed by atoms with van der Waals surface area (Å²) in [5.74, 6) is 2.29. The van der Waals surface area contributed by atoms with Crippen molar-refractivity contribution in [2.75, 3.05) is 19.0 Å². The summed E-state index contributed by atoms with van der Waals surface area (Å²) < 4.78 is 1.77. The van der Waals surface area contributed by atoms with Crippen LogP contribution in [0.4, 0.5) is 5.82 Å². The first kappa shape index (κ1) is 11.6. The summed E-state index contributed by atoms with van der Waals surface area (Å²) in [6.07, 6.45) is 0. The van der Waals surface area contributed by atoms with Crippen LogP contribution >= 0.6 is 0 Å². The molecule has 0 bridgehead atoms. The van der Waals surface area contributed by atoms with Gasteiger partial charge in [0.1, 0.15) is 5.82 Å². The minimum Gasteiger partial charge on any atom is -0.363 e. The third-order valence-corrected chi connectivity index (χ3v) is 2.91. The van der Waals surface area contributed by atoms with Gasteiger partial charge >= 0.3 is 0 Å². The predicted octanol–water partition coefficient (Wildman–Crippen LogP) is 2.17. The molecule has 0 radical (unpaired) electrons. The fourth-order valence-electron chi connectivity index (χ4n) is 2.00. The van der Waals surface area contributed by atoms with Crippen molar-refractivity contribution in [1.29, 1.82) is 0 Å². The maximum absolute atomic E-state index is 4.55. The molecule has 0 aliphatic rings. The maximum Gasteiger partial charge on any atom is 0.254 e. The van der Waals surface area contributed by atoms with E-state index in [4.69, 9.17) is 0 Å². The van der Waals surface area contributed by atoms with Crippen molar-refractivity contribution in [3.05, 3.63) is 42.1 Å². The monoisotopic (exact) mass is 253 g/mol. The Hall–Kier alpha value is -2.43. The fourth-order valence-corrected chi connectivity index (χ4v) is 2.00. The van der Waals surface area contributed by atoms with E-state index in [2.05, 4.69) is 15.1 Å². The van der Waals surface area contributed by atoms with Crippen LogP contribution in [-0.2, 0) is 0 Å². The van der Waals surface area contributed by atoms with E-state index in [9.17, 15) is 0 Å². The molecule has 2 heterocycles. The third-order valence-electron chi connectivity index (χ3n) is 2.91. The summed E-state index contributed by atoms with van der Waals surface area (Å²) in [4.78, 5) is 10.9. The van der Waals surface area contributed by atoms with E-state index in [0.29, 0.717) is 11.6 Å². The lowest BCUT2D eigenvalue weighted by molar-refractivity contribution is 0.890. The molecule has 0 aliphatic carbocycles. The van der Waals surface area contributed by atoms with Crippen molar-refractivity contribution in [3.63, 3.8) is 0 Å². The number of aryl methyl sites for hydroxylation is 1. The van der Waals surface area contributed by atoms with Gasteiger partial charge in [-0.15, -0.1) is 5.10 Å². The SMILES string of the molecule is Cc1cc(N(C)C)n2nc(-c3ccccc3)nc2n1. The van der Waals surface area contributed by atoms with Crippen LogP contribution in [-0.4, -0.2) is 33.7 Å². The number of hydrogen-bond donors (Lipinski definition) is 0. The summed E-state index contributed by atoms with van der Waals surface area (Å²) in [6.45, 7) is 1.96. The van der Waals surface area contributed by atoms with Crippen molar-refractivity contribution < 1.29 is 0 Å². The molecule has 3 rings (SSSR count). The Balaban J connectivity index is 2.23. The molecule has 5 heteroatoms. The van der Waals surface area contributed by atoms with Crippen molar-refractivity contribution in [1.82, 2.24) is 19.6 Å². The van der Waals surface area contributed by atoms with Crippen LogP contribution in [0.2, 0.25) is 0 Å². The van der Waals surface area contributed by atoms with Crippen molar-refractivity contribution in [3.8, 4) is 11.4 Å². The normalized spacial score (nSPS) is 10.9. The molecule has 3 aromatic rings. The Labute approximate surface area is 111 Å². The highest BCUT2D eigenvalue weighted by molar-refractivity contribution is 5.58. The fraction of sp³-hybridized carbons (Fsp3) is 0.214. The topological polar surface area (TPSA) is 46.3 Å². The lowest BCUT2D eigenvalue weighted by Gasteiger charge is -2.13. The molecule has 5 nitrogen and oxygen atoms in total. The summed E-state index contributed by atoms with van der Waals surface area (Å²) in [6, 6.07) is 11.9. The van der Waals surface area contributed by atoms with Gasteiger partial charge in [-0.3, -0.25) is 0 Å². The van der Waals surface area contributed by atoms with Crippen LogP contribution in [0.15, 0.2) is 36.4 Å². The average molecular weight is 253 g/mol. The molecule has 0 aliphatic heterocycles. The number of benzene rings is 1. The first-order valence-corrected chi connectivity index (χ1v) is 6.12. The van der Waals surface area contributed by atoms with E-state index in [1.807, 2.05) is 62.3 Å². The standard InChI is InChI=1S/C14H15N5/c1-10-9-12(18(2)3)19-14(15-10)16-13(17-19)11-7-5-4-6-8-11/h4-9H,1-3H3. The van der Waals surface area contributed by atoms with E-state index in [0.717, 1.165) is 17.1 Å². The Bertz CT molecular complexity index is 715. The number of aromatic nitrogens is 4. The van der Waals surface area contributed by atoms with E-state index >= 15 is 0 Å². The van der Waals surface area contributed by atoms with Gasteiger partial charge in [0, 0.05) is 31.4 Å². The van der Waals surface area contributed by atoms with Gasteiger partial charge in [-0.1, -0.05) is 30.3 Å². The van der Waals surface area contributed by atoms with Gasteiger partial charge in [0.25, 0.3) is 5.78 Å².